The smallest absolute Gasteiger partial charge is 0.243 e. The van der Waals surface area contributed by atoms with Crippen molar-refractivity contribution in [2.24, 2.45) is 11.7 Å². The van der Waals surface area contributed by atoms with E-state index in [0.29, 0.717) is 42.8 Å². The number of ether oxygens (including phenoxy) is 1. The molecule has 1 aromatic carbocycles. The monoisotopic (exact) mass is 312 g/mol. The third kappa shape index (κ3) is 3.96. The maximum atomic E-state index is 12.5. The molecule has 1 unspecified atom stereocenters. The van der Waals surface area contributed by atoms with E-state index >= 15 is 0 Å². The third-order valence-corrected chi connectivity index (χ3v) is 5.78. The molecule has 1 aliphatic rings. The zero-order valence-electron chi connectivity index (χ0n) is 12.5. The van der Waals surface area contributed by atoms with Crippen LogP contribution in [0, 0.1) is 5.92 Å². The Morgan fingerprint density at radius 2 is 2.05 bits per heavy atom. The van der Waals surface area contributed by atoms with E-state index in [1.807, 2.05) is 0 Å². The van der Waals surface area contributed by atoms with Crippen molar-refractivity contribution in [3.8, 4) is 5.75 Å². The molecule has 0 aliphatic carbocycles. The van der Waals surface area contributed by atoms with Crippen molar-refractivity contribution in [3.05, 3.63) is 24.3 Å². The number of hydrogen-bond donors (Lipinski definition) is 1. The van der Waals surface area contributed by atoms with Gasteiger partial charge in [-0.1, -0.05) is 13.3 Å². The van der Waals surface area contributed by atoms with Gasteiger partial charge >= 0.3 is 0 Å². The summed E-state index contributed by atoms with van der Waals surface area (Å²) in [7, 11) is -3.37. The highest BCUT2D eigenvalue weighted by molar-refractivity contribution is 7.89. The van der Waals surface area contributed by atoms with Gasteiger partial charge in [-0.05, 0) is 49.6 Å². The molecule has 1 saturated heterocycles. The van der Waals surface area contributed by atoms with E-state index in [0.717, 1.165) is 19.3 Å². The lowest BCUT2D eigenvalue weighted by Crippen LogP contribution is -2.28. The zero-order valence-corrected chi connectivity index (χ0v) is 13.3. The number of nitrogens with zero attached hydrogens (tertiary/aromatic N) is 1. The highest BCUT2D eigenvalue weighted by Gasteiger charge is 2.31. The Balaban J connectivity index is 2.03. The second kappa shape index (κ2) is 7.24. The molecule has 2 rings (SSSR count). The molecule has 1 atom stereocenters. The number of sulfonamides is 1. The lowest BCUT2D eigenvalue weighted by Gasteiger charge is -2.16. The van der Waals surface area contributed by atoms with E-state index in [2.05, 4.69) is 6.92 Å². The number of hydrogen-bond acceptors (Lipinski definition) is 4. The normalized spacial score (nSPS) is 19.8. The van der Waals surface area contributed by atoms with Crippen LogP contribution in [0.4, 0.5) is 0 Å². The Hall–Kier alpha value is -1.11. The molecule has 1 aliphatic heterocycles. The summed E-state index contributed by atoms with van der Waals surface area (Å²) in [6.07, 6.45) is 2.77. The molecule has 118 valence electrons. The largest absolute Gasteiger partial charge is 0.494 e. The first-order valence-electron chi connectivity index (χ1n) is 7.51. The SMILES string of the molecule is CCC1CCN(S(=O)(=O)c2ccc(OCCCN)cc2)C1. The Bertz CT molecular complexity index is 543. The van der Waals surface area contributed by atoms with Crippen LogP contribution in [-0.2, 0) is 10.0 Å². The van der Waals surface area contributed by atoms with Crippen molar-refractivity contribution in [3.63, 3.8) is 0 Å². The Morgan fingerprint density at radius 3 is 2.62 bits per heavy atom. The van der Waals surface area contributed by atoms with Gasteiger partial charge in [0, 0.05) is 13.1 Å². The summed E-state index contributed by atoms with van der Waals surface area (Å²) in [5, 5.41) is 0. The van der Waals surface area contributed by atoms with Crippen LogP contribution in [0.25, 0.3) is 0 Å². The summed E-state index contributed by atoms with van der Waals surface area (Å²) in [5.41, 5.74) is 5.40. The molecule has 0 amide bonds. The van der Waals surface area contributed by atoms with Crippen molar-refractivity contribution in [1.29, 1.82) is 0 Å². The van der Waals surface area contributed by atoms with Gasteiger partial charge in [-0.25, -0.2) is 8.42 Å². The molecular formula is C15H24N2O3S. The van der Waals surface area contributed by atoms with Crippen molar-refractivity contribution >= 4 is 10.0 Å². The van der Waals surface area contributed by atoms with Gasteiger partial charge in [0.1, 0.15) is 5.75 Å². The molecular weight excluding hydrogens is 288 g/mol. The number of benzene rings is 1. The minimum absolute atomic E-state index is 0.338. The number of rotatable bonds is 7. The van der Waals surface area contributed by atoms with Crippen molar-refractivity contribution < 1.29 is 13.2 Å². The maximum absolute atomic E-state index is 12.5. The quantitative estimate of drug-likeness (QED) is 0.780. The topological polar surface area (TPSA) is 72.6 Å². The molecule has 0 radical (unpaired) electrons. The molecule has 0 aromatic heterocycles. The fourth-order valence-electron chi connectivity index (χ4n) is 2.48. The van der Waals surface area contributed by atoms with Crippen molar-refractivity contribution in [1.82, 2.24) is 4.31 Å². The summed E-state index contributed by atoms with van der Waals surface area (Å²) in [6, 6.07) is 6.65. The van der Waals surface area contributed by atoms with E-state index in [9.17, 15) is 8.42 Å². The van der Waals surface area contributed by atoms with Crippen LogP contribution in [0.5, 0.6) is 5.75 Å². The van der Waals surface area contributed by atoms with Gasteiger partial charge in [0.05, 0.1) is 11.5 Å². The highest BCUT2D eigenvalue weighted by Crippen LogP contribution is 2.26. The molecule has 21 heavy (non-hydrogen) atoms. The molecule has 6 heteroatoms. The predicted molar refractivity (Wildman–Crippen MR) is 82.8 cm³/mol. The van der Waals surface area contributed by atoms with Gasteiger partial charge in [0.2, 0.25) is 10.0 Å². The standard InChI is InChI=1S/C15H24N2O3S/c1-2-13-8-10-17(12-13)21(18,19)15-6-4-14(5-7-15)20-11-3-9-16/h4-7,13H,2-3,8-12,16H2,1H3. The van der Waals surface area contributed by atoms with E-state index < -0.39 is 10.0 Å². The summed E-state index contributed by atoms with van der Waals surface area (Å²) >= 11 is 0. The van der Waals surface area contributed by atoms with Crippen LogP contribution >= 0.6 is 0 Å². The second-order valence-corrected chi connectivity index (χ2v) is 7.33. The summed E-state index contributed by atoms with van der Waals surface area (Å²) in [5.74, 6) is 1.16. The average Bonchev–Trinajstić information content (AvgIpc) is 2.98. The molecule has 2 N–H and O–H groups in total. The van der Waals surface area contributed by atoms with Gasteiger partial charge in [-0.3, -0.25) is 0 Å². The highest BCUT2D eigenvalue weighted by atomic mass is 32.2. The predicted octanol–water partition coefficient (Wildman–Crippen LogP) is 1.83. The minimum atomic E-state index is -3.37. The van der Waals surface area contributed by atoms with Crippen molar-refractivity contribution in [2.75, 3.05) is 26.2 Å². The van der Waals surface area contributed by atoms with Gasteiger partial charge in [0.15, 0.2) is 0 Å². The second-order valence-electron chi connectivity index (χ2n) is 5.39. The maximum Gasteiger partial charge on any atom is 0.243 e. The minimum Gasteiger partial charge on any atom is -0.494 e. The molecule has 1 heterocycles. The Kier molecular flexibility index (Phi) is 5.61. The van der Waals surface area contributed by atoms with Gasteiger partial charge < -0.3 is 10.5 Å². The molecule has 1 aromatic rings. The van der Waals surface area contributed by atoms with Gasteiger partial charge in [-0.2, -0.15) is 4.31 Å². The van der Waals surface area contributed by atoms with Gasteiger partial charge in [0.25, 0.3) is 0 Å². The lowest BCUT2D eigenvalue weighted by molar-refractivity contribution is 0.313. The van der Waals surface area contributed by atoms with Crippen molar-refractivity contribution in [2.45, 2.75) is 31.1 Å². The average molecular weight is 312 g/mol. The van der Waals surface area contributed by atoms with Crippen LogP contribution in [-0.4, -0.2) is 39.0 Å². The van der Waals surface area contributed by atoms with Gasteiger partial charge in [-0.15, -0.1) is 0 Å². The van der Waals surface area contributed by atoms with Crippen LogP contribution < -0.4 is 10.5 Å². The Labute approximate surface area is 127 Å². The fourth-order valence-corrected chi connectivity index (χ4v) is 4.01. The first-order valence-corrected chi connectivity index (χ1v) is 8.95. The molecule has 0 bridgehead atoms. The summed E-state index contributed by atoms with van der Waals surface area (Å²) in [6.45, 7) is 4.49. The Morgan fingerprint density at radius 1 is 1.33 bits per heavy atom. The summed E-state index contributed by atoms with van der Waals surface area (Å²) in [4.78, 5) is 0.338. The van der Waals surface area contributed by atoms with Crippen LogP contribution in [0.2, 0.25) is 0 Å². The third-order valence-electron chi connectivity index (χ3n) is 3.90. The molecule has 1 fully saturated rings. The summed E-state index contributed by atoms with van der Waals surface area (Å²) < 4.78 is 32.1. The number of nitrogens with two attached hydrogens (primary N) is 1. The van der Waals surface area contributed by atoms with E-state index in [1.165, 1.54) is 0 Å². The fraction of sp³-hybridized carbons (Fsp3) is 0.600. The lowest BCUT2D eigenvalue weighted by atomic mass is 10.1. The molecule has 0 saturated carbocycles. The van der Waals surface area contributed by atoms with E-state index in [1.54, 1.807) is 28.6 Å². The first kappa shape index (κ1) is 16.3. The first-order chi connectivity index (χ1) is 10.1. The zero-order chi connectivity index (χ0) is 15.3. The molecule has 5 nitrogen and oxygen atoms in total. The van der Waals surface area contributed by atoms with Crippen LogP contribution in [0.3, 0.4) is 0 Å². The van der Waals surface area contributed by atoms with Crippen LogP contribution in [0.15, 0.2) is 29.2 Å². The van der Waals surface area contributed by atoms with E-state index in [-0.39, 0.29) is 0 Å². The van der Waals surface area contributed by atoms with Crippen LogP contribution in [0.1, 0.15) is 26.2 Å². The van der Waals surface area contributed by atoms with E-state index in [4.69, 9.17) is 10.5 Å². The molecule has 0 spiro atoms.